The molecule has 1 rings (SSSR count). The summed E-state index contributed by atoms with van der Waals surface area (Å²) < 4.78 is 4.56. The summed E-state index contributed by atoms with van der Waals surface area (Å²) >= 11 is 3.14. The molecule has 1 aromatic heterocycles. The molecule has 1 N–H and O–H groups in total. The van der Waals surface area contributed by atoms with E-state index >= 15 is 0 Å². The van der Waals surface area contributed by atoms with Crippen LogP contribution in [-0.2, 0) is 15.3 Å². The van der Waals surface area contributed by atoms with Crippen LogP contribution < -0.4 is 0 Å². The van der Waals surface area contributed by atoms with Gasteiger partial charge in [0.15, 0.2) is 0 Å². The highest BCUT2D eigenvalue weighted by Crippen LogP contribution is 2.21. The van der Waals surface area contributed by atoms with Crippen LogP contribution in [0.2, 0.25) is 0 Å². The molecule has 0 unspecified atom stereocenters. The van der Waals surface area contributed by atoms with Crippen LogP contribution in [0.4, 0.5) is 0 Å². The predicted octanol–water partition coefficient (Wildman–Crippen LogP) is 1.89. The first-order chi connectivity index (χ1) is 8.26. The molecule has 1 heterocycles. The zero-order valence-corrected chi connectivity index (χ0v) is 11.2. The third kappa shape index (κ3) is 5.78. The van der Waals surface area contributed by atoms with E-state index in [4.69, 9.17) is 5.11 Å². The third-order valence-corrected chi connectivity index (χ3v) is 3.94. The second kappa shape index (κ2) is 8.18. The molecule has 0 spiro atoms. The van der Waals surface area contributed by atoms with E-state index in [0.29, 0.717) is 12.2 Å². The number of aliphatic hydroxyl groups is 1. The van der Waals surface area contributed by atoms with Gasteiger partial charge in [0.2, 0.25) is 0 Å². The fraction of sp³-hybridized carbons (Fsp3) is 0.417. The molecule has 3 nitrogen and oxygen atoms in total. The van der Waals surface area contributed by atoms with Gasteiger partial charge in [-0.1, -0.05) is 11.8 Å². The predicted molar refractivity (Wildman–Crippen MR) is 71.1 cm³/mol. The Morgan fingerprint density at radius 3 is 3.12 bits per heavy atom. The summed E-state index contributed by atoms with van der Waals surface area (Å²) in [6, 6.07) is 3.97. The molecule has 0 radical (unpaired) electrons. The summed E-state index contributed by atoms with van der Waals surface area (Å²) in [6.45, 7) is 0.0974. The van der Waals surface area contributed by atoms with Gasteiger partial charge in [-0.05, 0) is 12.1 Å². The van der Waals surface area contributed by atoms with Crippen molar-refractivity contribution in [3.05, 3.63) is 21.9 Å². The van der Waals surface area contributed by atoms with E-state index in [9.17, 15) is 4.79 Å². The Labute approximate surface area is 109 Å². The van der Waals surface area contributed by atoms with E-state index in [1.807, 2.05) is 12.1 Å². The number of ether oxygens (including phenoxy) is 1. The van der Waals surface area contributed by atoms with Gasteiger partial charge in [-0.3, -0.25) is 4.79 Å². The first-order valence-electron chi connectivity index (χ1n) is 5.09. The van der Waals surface area contributed by atoms with E-state index in [-0.39, 0.29) is 12.6 Å². The molecule has 0 bridgehead atoms. The SMILES string of the molecule is COC(=O)CSCc1ccc(C#CCCO)s1. The van der Waals surface area contributed by atoms with E-state index < -0.39 is 0 Å². The lowest BCUT2D eigenvalue weighted by Gasteiger charge is -1.97. The van der Waals surface area contributed by atoms with Crippen molar-refractivity contribution in [3.63, 3.8) is 0 Å². The van der Waals surface area contributed by atoms with Crippen LogP contribution in [0.25, 0.3) is 0 Å². The lowest BCUT2D eigenvalue weighted by molar-refractivity contribution is -0.137. The maximum absolute atomic E-state index is 10.9. The van der Waals surface area contributed by atoms with Gasteiger partial charge < -0.3 is 9.84 Å². The molecule has 0 saturated carbocycles. The van der Waals surface area contributed by atoms with E-state index in [1.165, 1.54) is 23.7 Å². The Kier molecular flexibility index (Phi) is 6.78. The van der Waals surface area contributed by atoms with Crippen molar-refractivity contribution in [2.24, 2.45) is 0 Å². The molecule has 0 aromatic carbocycles. The van der Waals surface area contributed by atoms with Gasteiger partial charge in [-0.25, -0.2) is 0 Å². The maximum Gasteiger partial charge on any atom is 0.315 e. The number of rotatable bonds is 5. The Hall–Kier alpha value is -0.960. The summed E-state index contributed by atoms with van der Waals surface area (Å²) in [5.74, 6) is 6.83. The summed E-state index contributed by atoms with van der Waals surface area (Å²) in [4.78, 5) is 13.1. The van der Waals surface area contributed by atoms with E-state index in [2.05, 4.69) is 16.6 Å². The zero-order chi connectivity index (χ0) is 12.5. The van der Waals surface area contributed by atoms with Crippen molar-refractivity contribution < 1.29 is 14.6 Å². The average Bonchev–Trinajstić information content (AvgIpc) is 2.77. The number of hydrogen-bond acceptors (Lipinski definition) is 5. The molecule has 0 fully saturated rings. The number of thiophene rings is 1. The highest BCUT2D eigenvalue weighted by molar-refractivity contribution is 7.99. The molecule has 0 aliphatic heterocycles. The number of carbonyl (C=O) groups is 1. The van der Waals surface area contributed by atoms with Crippen molar-refractivity contribution in [2.75, 3.05) is 19.5 Å². The van der Waals surface area contributed by atoms with Gasteiger partial charge in [-0.15, -0.1) is 23.1 Å². The first kappa shape index (κ1) is 14.1. The highest BCUT2D eigenvalue weighted by Gasteiger charge is 2.02. The average molecular weight is 270 g/mol. The normalized spacial score (nSPS) is 9.53. The van der Waals surface area contributed by atoms with Crippen molar-refractivity contribution >= 4 is 29.1 Å². The molecule has 0 aliphatic carbocycles. The number of esters is 1. The molecule has 0 atom stereocenters. The Balaban J connectivity index is 2.36. The molecule has 0 aliphatic rings. The van der Waals surface area contributed by atoms with Crippen LogP contribution >= 0.6 is 23.1 Å². The third-order valence-electron chi connectivity index (χ3n) is 1.80. The quantitative estimate of drug-likeness (QED) is 0.655. The molecular formula is C12H14O3S2. The Morgan fingerprint density at radius 2 is 2.41 bits per heavy atom. The van der Waals surface area contributed by atoms with Crippen LogP contribution in [-0.4, -0.2) is 30.5 Å². The summed E-state index contributed by atoms with van der Waals surface area (Å²) in [5, 5.41) is 8.59. The molecule has 92 valence electrons. The Bertz CT molecular complexity index is 415. The van der Waals surface area contributed by atoms with Crippen LogP contribution in [0.15, 0.2) is 12.1 Å². The Morgan fingerprint density at radius 1 is 1.59 bits per heavy atom. The van der Waals surface area contributed by atoms with Gasteiger partial charge in [0.25, 0.3) is 0 Å². The minimum Gasteiger partial charge on any atom is -0.468 e. The largest absolute Gasteiger partial charge is 0.468 e. The summed E-state index contributed by atoms with van der Waals surface area (Å²) in [6.07, 6.45) is 0.504. The van der Waals surface area contributed by atoms with Crippen molar-refractivity contribution in [1.82, 2.24) is 0 Å². The van der Waals surface area contributed by atoms with Crippen molar-refractivity contribution in [3.8, 4) is 11.8 Å². The minimum atomic E-state index is -0.200. The second-order valence-corrected chi connectivity index (χ2v) is 5.26. The van der Waals surface area contributed by atoms with Gasteiger partial charge in [0.05, 0.1) is 24.3 Å². The first-order valence-corrected chi connectivity index (χ1v) is 7.06. The van der Waals surface area contributed by atoms with E-state index in [0.717, 1.165) is 10.6 Å². The molecule has 0 amide bonds. The van der Waals surface area contributed by atoms with Crippen molar-refractivity contribution in [1.29, 1.82) is 0 Å². The molecule has 1 aromatic rings. The number of methoxy groups -OCH3 is 1. The topological polar surface area (TPSA) is 46.5 Å². The van der Waals surface area contributed by atoms with Crippen LogP contribution in [0.3, 0.4) is 0 Å². The van der Waals surface area contributed by atoms with Crippen LogP contribution in [0.5, 0.6) is 0 Å². The number of thioether (sulfide) groups is 1. The molecule has 17 heavy (non-hydrogen) atoms. The minimum absolute atomic E-state index is 0.0974. The van der Waals surface area contributed by atoms with Crippen molar-refractivity contribution in [2.45, 2.75) is 12.2 Å². The lowest BCUT2D eigenvalue weighted by Crippen LogP contribution is -2.02. The zero-order valence-electron chi connectivity index (χ0n) is 9.56. The number of carbonyl (C=O) groups excluding carboxylic acids is 1. The summed E-state index contributed by atoms with van der Waals surface area (Å²) in [7, 11) is 1.39. The maximum atomic E-state index is 10.9. The fourth-order valence-electron chi connectivity index (χ4n) is 1.02. The van der Waals surface area contributed by atoms with Gasteiger partial charge >= 0.3 is 5.97 Å². The number of hydrogen-bond donors (Lipinski definition) is 1. The van der Waals surface area contributed by atoms with Gasteiger partial charge in [-0.2, -0.15) is 0 Å². The second-order valence-electron chi connectivity index (χ2n) is 3.11. The standard InChI is InChI=1S/C12H14O3S2/c1-15-12(14)9-16-8-11-6-5-10(17-11)4-2-3-7-13/h5-6,13H,3,7-9H2,1H3. The molecule has 5 heteroatoms. The van der Waals surface area contributed by atoms with Crippen LogP contribution in [0.1, 0.15) is 16.2 Å². The monoisotopic (exact) mass is 270 g/mol. The van der Waals surface area contributed by atoms with Gasteiger partial charge in [0.1, 0.15) is 0 Å². The molecular weight excluding hydrogens is 256 g/mol. The fourth-order valence-corrected chi connectivity index (χ4v) is 2.87. The smallest absolute Gasteiger partial charge is 0.315 e. The summed E-state index contributed by atoms with van der Waals surface area (Å²) in [5.41, 5.74) is 0. The van der Waals surface area contributed by atoms with Gasteiger partial charge in [0, 0.05) is 17.1 Å². The molecule has 0 saturated heterocycles. The number of aliphatic hydroxyl groups excluding tert-OH is 1. The van der Waals surface area contributed by atoms with E-state index in [1.54, 1.807) is 11.3 Å². The highest BCUT2D eigenvalue weighted by atomic mass is 32.2. The lowest BCUT2D eigenvalue weighted by atomic mass is 10.4. The van der Waals surface area contributed by atoms with Crippen LogP contribution in [0, 0.1) is 11.8 Å².